The Labute approximate surface area is 78.7 Å². The molecule has 1 atom stereocenters. The first-order chi connectivity index (χ1) is 6.16. The molecule has 1 aliphatic heterocycles. The Hall–Kier alpha value is -0.350. The summed E-state index contributed by atoms with van der Waals surface area (Å²) < 4.78 is 27.4. The monoisotopic (exact) mass is 202 g/mol. The SMILES string of the molecule is O=S1(=O)C=CC(OCCC2CC2)C1. The van der Waals surface area contributed by atoms with Crippen LogP contribution >= 0.6 is 0 Å². The van der Waals surface area contributed by atoms with E-state index in [-0.39, 0.29) is 11.9 Å². The summed E-state index contributed by atoms with van der Waals surface area (Å²) in [6, 6.07) is 0. The zero-order chi connectivity index (χ0) is 9.31. The van der Waals surface area contributed by atoms with Crippen LogP contribution in [0.5, 0.6) is 0 Å². The van der Waals surface area contributed by atoms with Crippen LogP contribution < -0.4 is 0 Å². The average molecular weight is 202 g/mol. The summed E-state index contributed by atoms with van der Waals surface area (Å²) in [6.45, 7) is 0.704. The van der Waals surface area contributed by atoms with Gasteiger partial charge in [-0.25, -0.2) is 8.42 Å². The smallest absolute Gasteiger partial charge is 0.174 e. The van der Waals surface area contributed by atoms with Gasteiger partial charge in [0.05, 0.1) is 11.9 Å². The van der Waals surface area contributed by atoms with Gasteiger partial charge in [-0.3, -0.25) is 0 Å². The summed E-state index contributed by atoms with van der Waals surface area (Å²) in [7, 11) is -2.94. The number of ether oxygens (including phenoxy) is 1. The third-order valence-corrected chi connectivity index (χ3v) is 3.82. The second-order valence-corrected chi connectivity index (χ2v) is 5.73. The highest BCUT2D eigenvalue weighted by Gasteiger charge is 2.24. The van der Waals surface area contributed by atoms with Crippen molar-refractivity contribution in [2.24, 2.45) is 5.92 Å². The Balaban J connectivity index is 1.68. The van der Waals surface area contributed by atoms with Crippen LogP contribution in [0.4, 0.5) is 0 Å². The summed E-state index contributed by atoms with van der Waals surface area (Å²) in [5.74, 6) is 0.986. The van der Waals surface area contributed by atoms with Gasteiger partial charge in [-0.05, 0) is 18.4 Å². The zero-order valence-corrected chi connectivity index (χ0v) is 8.29. The Bertz CT molecular complexity index is 301. The van der Waals surface area contributed by atoms with Crippen molar-refractivity contribution in [3.8, 4) is 0 Å². The van der Waals surface area contributed by atoms with Gasteiger partial charge in [0.2, 0.25) is 0 Å². The molecular formula is C9H14O3S. The van der Waals surface area contributed by atoms with Crippen LogP contribution in [-0.2, 0) is 14.6 Å². The zero-order valence-electron chi connectivity index (χ0n) is 7.48. The third-order valence-electron chi connectivity index (χ3n) is 2.45. The molecule has 1 saturated carbocycles. The lowest BCUT2D eigenvalue weighted by molar-refractivity contribution is 0.0959. The number of sulfone groups is 1. The first kappa shape index (κ1) is 9.21. The van der Waals surface area contributed by atoms with Gasteiger partial charge in [-0.1, -0.05) is 12.8 Å². The molecule has 1 heterocycles. The molecule has 0 spiro atoms. The Morgan fingerprint density at radius 1 is 1.38 bits per heavy atom. The molecule has 0 aromatic heterocycles. The highest BCUT2D eigenvalue weighted by Crippen LogP contribution is 2.32. The van der Waals surface area contributed by atoms with Gasteiger partial charge >= 0.3 is 0 Å². The van der Waals surface area contributed by atoms with E-state index in [0.29, 0.717) is 6.61 Å². The molecule has 74 valence electrons. The fourth-order valence-electron chi connectivity index (χ4n) is 1.44. The van der Waals surface area contributed by atoms with Crippen molar-refractivity contribution in [3.05, 3.63) is 11.5 Å². The van der Waals surface area contributed by atoms with Crippen LogP contribution in [-0.4, -0.2) is 26.9 Å². The van der Waals surface area contributed by atoms with Gasteiger partial charge in [-0.15, -0.1) is 0 Å². The molecule has 1 fully saturated rings. The van der Waals surface area contributed by atoms with Gasteiger partial charge in [0, 0.05) is 12.0 Å². The molecular weight excluding hydrogens is 188 g/mol. The molecule has 1 aliphatic carbocycles. The van der Waals surface area contributed by atoms with E-state index in [2.05, 4.69) is 0 Å². The number of hydrogen-bond donors (Lipinski definition) is 0. The Kier molecular flexibility index (Phi) is 2.43. The van der Waals surface area contributed by atoms with Gasteiger partial charge in [0.25, 0.3) is 0 Å². The van der Waals surface area contributed by atoms with Crippen molar-refractivity contribution in [2.75, 3.05) is 12.4 Å². The largest absolute Gasteiger partial charge is 0.373 e. The van der Waals surface area contributed by atoms with Crippen LogP contribution in [0.25, 0.3) is 0 Å². The molecule has 3 nitrogen and oxygen atoms in total. The standard InChI is InChI=1S/C9H14O3S/c10-13(11)6-4-9(7-13)12-5-3-8-1-2-8/h4,6,8-9H,1-3,5,7H2. The molecule has 2 rings (SSSR count). The highest BCUT2D eigenvalue weighted by molar-refractivity contribution is 7.94. The quantitative estimate of drug-likeness (QED) is 0.686. The van der Waals surface area contributed by atoms with E-state index in [1.807, 2.05) is 0 Å². The lowest BCUT2D eigenvalue weighted by Gasteiger charge is -2.07. The maximum absolute atomic E-state index is 11.0. The van der Waals surface area contributed by atoms with Crippen LogP contribution in [0.15, 0.2) is 11.5 Å². The summed E-state index contributed by atoms with van der Waals surface area (Å²) in [6.07, 6.45) is 5.18. The normalized spacial score (nSPS) is 30.9. The predicted octanol–water partition coefficient (Wildman–Crippen LogP) is 1.11. The van der Waals surface area contributed by atoms with E-state index >= 15 is 0 Å². The molecule has 0 amide bonds. The van der Waals surface area contributed by atoms with Crippen LogP contribution in [0.1, 0.15) is 19.3 Å². The van der Waals surface area contributed by atoms with Crippen LogP contribution in [0.3, 0.4) is 0 Å². The molecule has 0 saturated heterocycles. The van der Waals surface area contributed by atoms with E-state index in [4.69, 9.17) is 4.74 Å². The predicted molar refractivity (Wildman–Crippen MR) is 50.0 cm³/mol. The fraction of sp³-hybridized carbons (Fsp3) is 0.778. The maximum Gasteiger partial charge on any atom is 0.174 e. The number of rotatable bonds is 4. The van der Waals surface area contributed by atoms with Gasteiger partial charge in [0.1, 0.15) is 0 Å². The Morgan fingerprint density at radius 3 is 2.69 bits per heavy atom. The van der Waals surface area contributed by atoms with Crippen molar-refractivity contribution in [3.63, 3.8) is 0 Å². The molecule has 0 aromatic rings. The first-order valence-electron chi connectivity index (χ1n) is 4.68. The van der Waals surface area contributed by atoms with Crippen molar-refractivity contribution in [2.45, 2.75) is 25.4 Å². The third kappa shape index (κ3) is 2.81. The van der Waals surface area contributed by atoms with Gasteiger partial charge < -0.3 is 4.74 Å². The topological polar surface area (TPSA) is 43.4 Å². The average Bonchev–Trinajstić information content (AvgIpc) is 2.78. The van der Waals surface area contributed by atoms with E-state index in [9.17, 15) is 8.42 Å². The highest BCUT2D eigenvalue weighted by atomic mass is 32.2. The summed E-state index contributed by atoms with van der Waals surface area (Å²) >= 11 is 0. The molecule has 0 aromatic carbocycles. The summed E-state index contributed by atoms with van der Waals surface area (Å²) in [4.78, 5) is 0. The molecule has 0 radical (unpaired) electrons. The maximum atomic E-state index is 11.0. The summed E-state index contributed by atoms with van der Waals surface area (Å²) in [5.41, 5.74) is 0. The van der Waals surface area contributed by atoms with E-state index in [1.165, 1.54) is 18.2 Å². The second kappa shape index (κ2) is 3.42. The summed E-state index contributed by atoms with van der Waals surface area (Å²) in [5, 5.41) is 1.26. The molecule has 4 heteroatoms. The van der Waals surface area contributed by atoms with Crippen molar-refractivity contribution in [1.82, 2.24) is 0 Å². The van der Waals surface area contributed by atoms with Crippen molar-refractivity contribution < 1.29 is 13.2 Å². The molecule has 2 aliphatic rings. The minimum atomic E-state index is -2.94. The second-order valence-electron chi connectivity index (χ2n) is 3.80. The van der Waals surface area contributed by atoms with Crippen LogP contribution in [0, 0.1) is 5.92 Å². The lowest BCUT2D eigenvalue weighted by atomic mass is 10.3. The fourth-order valence-corrected chi connectivity index (χ4v) is 2.63. The molecule has 0 N–H and O–H groups in total. The number of hydrogen-bond acceptors (Lipinski definition) is 3. The van der Waals surface area contributed by atoms with Gasteiger partial charge in [0.15, 0.2) is 9.84 Å². The Morgan fingerprint density at radius 2 is 2.15 bits per heavy atom. The van der Waals surface area contributed by atoms with Gasteiger partial charge in [-0.2, -0.15) is 0 Å². The molecule has 0 bridgehead atoms. The minimum Gasteiger partial charge on any atom is -0.373 e. The van der Waals surface area contributed by atoms with E-state index < -0.39 is 9.84 Å². The van der Waals surface area contributed by atoms with Crippen molar-refractivity contribution >= 4 is 9.84 Å². The van der Waals surface area contributed by atoms with E-state index in [0.717, 1.165) is 12.3 Å². The lowest BCUT2D eigenvalue weighted by Crippen LogP contribution is -2.15. The van der Waals surface area contributed by atoms with E-state index in [1.54, 1.807) is 6.08 Å². The minimum absolute atomic E-state index is 0.137. The van der Waals surface area contributed by atoms with Crippen LogP contribution in [0.2, 0.25) is 0 Å². The van der Waals surface area contributed by atoms with Crippen molar-refractivity contribution in [1.29, 1.82) is 0 Å². The first-order valence-corrected chi connectivity index (χ1v) is 6.40. The molecule has 1 unspecified atom stereocenters. The molecule has 13 heavy (non-hydrogen) atoms.